The lowest BCUT2D eigenvalue weighted by Crippen LogP contribution is -2.35. The standard InChI is InChI=1S/C25H30N2O2/c1-19-16-25(28)26-24-18-22(8-9-23(19)24)29-15-5-12-27-13-10-21(11-14-27)17-20-6-3-2-4-7-20/h2-4,6-9,16,18,21H,5,10-15,17H2,1H3,(H,26,28). The summed E-state index contributed by atoms with van der Waals surface area (Å²) < 4.78 is 5.94. The molecular weight excluding hydrogens is 360 g/mol. The third-order valence-corrected chi connectivity index (χ3v) is 5.98. The Hall–Kier alpha value is -2.59. The maximum absolute atomic E-state index is 11.7. The van der Waals surface area contributed by atoms with Gasteiger partial charge in [-0.05, 0) is 74.9 Å². The molecule has 0 aliphatic carbocycles. The zero-order valence-corrected chi connectivity index (χ0v) is 17.2. The number of H-pyrrole nitrogens is 1. The quantitative estimate of drug-likeness (QED) is 0.602. The van der Waals surface area contributed by atoms with Crippen molar-refractivity contribution in [1.29, 1.82) is 0 Å². The highest BCUT2D eigenvalue weighted by Crippen LogP contribution is 2.23. The first kappa shape index (κ1) is 19.7. The molecule has 29 heavy (non-hydrogen) atoms. The Morgan fingerprint density at radius 1 is 1.07 bits per heavy atom. The van der Waals surface area contributed by atoms with E-state index in [1.54, 1.807) is 6.07 Å². The second-order valence-corrected chi connectivity index (χ2v) is 8.20. The van der Waals surface area contributed by atoms with Crippen molar-refractivity contribution in [1.82, 2.24) is 9.88 Å². The number of aromatic nitrogens is 1. The maximum Gasteiger partial charge on any atom is 0.248 e. The van der Waals surface area contributed by atoms with Gasteiger partial charge in [-0.2, -0.15) is 0 Å². The van der Waals surface area contributed by atoms with Crippen molar-refractivity contribution >= 4 is 10.9 Å². The average Bonchev–Trinajstić information content (AvgIpc) is 2.73. The molecule has 1 aliphatic heterocycles. The summed E-state index contributed by atoms with van der Waals surface area (Å²) in [6, 6.07) is 18.4. The summed E-state index contributed by atoms with van der Waals surface area (Å²) in [6.45, 7) is 6.12. The lowest BCUT2D eigenvalue weighted by Gasteiger charge is -2.32. The number of rotatable bonds is 7. The Morgan fingerprint density at radius 3 is 2.66 bits per heavy atom. The molecule has 0 spiro atoms. The van der Waals surface area contributed by atoms with E-state index in [1.165, 1.54) is 37.9 Å². The van der Waals surface area contributed by atoms with E-state index in [1.807, 2.05) is 25.1 Å². The number of pyridine rings is 1. The van der Waals surface area contributed by atoms with Crippen LogP contribution in [0.1, 0.15) is 30.4 Å². The number of hydrogen-bond acceptors (Lipinski definition) is 3. The molecule has 2 heterocycles. The summed E-state index contributed by atoms with van der Waals surface area (Å²) in [5.74, 6) is 1.63. The average molecular weight is 391 g/mol. The van der Waals surface area contributed by atoms with Crippen LogP contribution >= 0.6 is 0 Å². The summed E-state index contributed by atoms with van der Waals surface area (Å²) in [6.07, 6.45) is 4.80. The molecule has 4 rings (SSSR count). The van der Waals surface area contributed by atoms with Gasteiger partial charge in [0.25, 0.3) is 0 Å². The van der Waals surface area contributed by atoms with Crippen LogP contribution < -0.4 is 10.3 Å². The summed E-state index contributed by atoms with van der Waals surface area (Å²) >= 11 is 0. The van der Waals surface area contributed by atoms with Crippen LogP contribution in [0.5, 0.6) is 5.75 Å². The molecular formula is C25H30N2O2. The van der Waals surface area contributed by atoms with E-state index in [9.17, 15) is 4.79 Å². The molecule has 1 saturated heterocycles. The second-order valence-electron chi connectivity index (χ2n) is 8.20. The zero-order chi connectivity index (χ0) is 20.1. The Bertz CT molecular complexity index is 989. The molecule has 0 saturated carbocycles. The fraction of sp³-hybridized carbons (Fsp3) is 0.400. The highest BCUT2D eigenvalue weighted by molar-refractivity contribution is 5.82. The molecule has 4 heteroatoms. The minimum Gasteiger partial charge on any atom is -0.493 e. The molecule has 0 amide bonds. The van der Waals surface area contributed by atoms with Crippen molar-refractivity contribution in [3.05, 3.63) is 76.1 Å². The highest BCUT2D eigenvalue weighted by Gasteiger charge is 2.19. The molecule has 0 bridgehead atoms. The van der Waals surface area contributed by atoms with Gasteiger partial charge in [0.15, 0.2) is 0 Å². The van der Waals surface area contributed by atoms with Crippen molar-refractivity contribution in [3.63, 3.8) is 0 Å². The SMILES string of the molecule is Cc1cc(=O)[nH]c2cc(OCCCN3CCC(Cc4ccccc4)CC3)ccc12. The van der Waals surface area contributed by atoms with Crippen molar-refractivity contribution in [3.8, 4) is 5.75 Å². The molecule has 2 aromatic carbocycles. The van der Waals surface area contributed by atoms with Gasteiger partial charge in [0.2, 0.25) is 5.56 Å². The Balaban J connectivity index is 1.19. The number of hydrogen-bond donors (Lipinski definition) is 1. The molecule has 0 atom stereocenters. The summed E-state index contributed by atoms with van der Waals surface area (Å²) in [5, 5.41) is 1.07. The van der Waals surface area contributed by atoms with Gasteiger partial charge in [0.1, 0.15) is 5.75 Å². The molecule has 1 N–H and O–H groups in total. The molecule has 0 radical (unpaired) electrons. The van der Waals surface area contributed by atoms with Crippen LogP contribution in [-0.4, -0.2) is 36.1 Å². The van der Waals surface area contributed by atoms with E-state index in [2.05, 4.69) is 40.2 Å². The number of aryl methyl sites for hydroxylation is 1. The van der Waals surface area contributed by atoms with Gasteiger partial charge in [-0.1, -0.05) is 30.3 Å². The fourth-order valence-corrected chi connectivity index (χ4v) is 4.34. The number of nitrogens with zero attached hydrogens (tertiary/aromatic N) is 1. The minimum atomic E-state index is -0.0668. The Morgan fingerprint density at radius 2 is 1.86 bits per heavy atom. The van der Waals surface area contributed by atoms with Crippen LogP contribution in [0.25, 0.3) is 10.9 Å². The van der Waals surface area contributed by atoms with Gasteiger partial charge in [-0.25, -0.2) is 0 Å². The predicted molar refractivity (Wildman–Crippen MR) is 119 cm³/mol. The normalized spacial score (nSPS) is 15.6. The molecule has 0 unspecified atom stereocenters. The van der Waals surface area contributed by atoms with E-state index >= 15 is 0 Å². The van der Waals surface area contributed by atoms with Crippen LogP contribution in [0.3, 0.4) is 0 Å². The number of nitrogens with one attached hydrogen (secondary N) is 1. The number of aromatic amines is 1. The van der Waals surface area contributed by atoms with E-state index < -0.39 is 0 Å². The summed E-state index contributed by atoms with van der Waals surface area (Å²) in [5.41, 5.74) is 3.23. The Labute approximate surface area is 172 Å². The first-order valence-corrected chi connectivity index (χ1v) is 10.7. The topological polar surface area (TPSA) is 45.3 Å². The van der Waals surface area contributed by atoms with Crippen LogP contribution in [0.4, 0.5) is 0 Å². The lowest BCUT2D eigenvalue weighted by atomic mass is 9.90. The lowest BCUT2D eigenvalue weighted by molar-refractivity contribution is 0.170. The van der Waals surface area contributed by atoms with Crippen molar-refractivity contribution in [2.75, 3.05) is 26.2 Å². The van der Waals surface area contributed by atoms with Gasteiger partial charge in [0, 0.05) is 24.1 Å². The summed E-state index contributed by atoms with van der Waals surface area (Å²) in [4.78, 5) is 17.1. The molecule has 3 aromatic rings. The Kier molecular flexibility index (Phi) is 6.30. The summed E-state index contributed by atoms with van der Waals surface area (Å²) in [7, 11) is 0. The van der Waals surface area contributed by atoms with Crippen molar-refractivity contribution < 1.29 is 4.74 Å². The first-order valence-electron chi connectivity index (χ1n) is 10.7. The van der Waals surface area contributed by atoms with Crippen LogP contribution in [0.15, 0.2) is 59.4 Å². The van der Waals surface area contributed by atoms with Gasteiger partial charge >= 0.3 is 0 Å². The third-order valence-electron chi connectivity index (χ3n) is 5.98. The first-order chi connectivity index (χ1) is 14.2. The molecule has 4 nitrogen and oxygen atoms in total. The fourth-order valence-electron chi connectivity index (χ4n) is 4.34. The van der Waals surface area contributed by atoms with Crippen molar-refractivity contribution in [2.45, 2.75) is 32.6 Å². The number of piperidine rings is 1. The van der Waals surface area contributed by atoms with Gasteiger partial charge < -0.3 is 14.6 Å². The molecule has 152 valence electrons. The number of ether oxygens (including phenoxy) is 1. The number of fused-ring (bicyclic) bond motifs is 1. The molecule has 1 fully saturated rings. The van der Waals surface area contributed by atoms with E-state index in [0.29, 0.717) is 6.61 Å². The largest absolute Gasteiger partial charge is 0.493 e. The highest BCUT2D eigenvalue weighted by atomic mass is 16.5. The van der Waals surface area contributed by atoms with E-state index in [4.69, 9.17) is 4.74 Å². The number of likely N-dealkylation sites (tertiary alicyclic amines) is 1. The maximum atomic E-state index is 11.7. The number of benzene rings is 2. The van der Waals surface area contributed by atoms with Crippen LogP contribution in [0, 0.1) is 12.8 Å². The van der Waals surface area contributed by atoms with Gasteiger partial charge in [-0.15, -0.1) is 0 Å². The zero-order valence-electron chi connectivity index (χ0n) is 17.2. The van der Waals surface area contributed by atoms with Gasteiger partial charge in [-0.3, -0.25) is 4.79 Å². The smallest absolute Gasteiger partial charge is 0.248 e. The predicted octanol–water partition coefficient (Wildman–Crippen LogP) is 4.56. The van der Waals surface area contributed by atoms with Gasteiger partial charge in [0.05, 0.1) is 12.1 Å². The molecule has 1 aromatic heterocycles. The van der Waals surface area contributed by atoms with E-state index in [0.717, 1.165) is 41.1 Å². The van der Waals surface area contributed by atoms with Crippen molar-refractivity contribution in [2.24, 2.45) is 5.92 Å². The van der Waals surface area contributed by atoms with Crippen LogP contribution in [0.2, 0.25) is 0 Å². The second kappa shape index (κ2) is 9.27. The minimum absolute atomic E-state index is 0.0668. The van der Waals surface area contributed by atoms with Crippen LogP contribution in [-0.2, 0) is 6.42 Å². The van der Waals surface area contributed by atoms with E-state index in [-0.39, 0.29) is 5.56 Å². The molecule has 1 aliphatic rings. The third kappa shape index (κ3) is 5.27. The monoisotopic (exact) mass is 390 g/mol.